The van der Waals surface area contributed by atoms with E-state index in [-0.39, 0.29) is 0 Å². The molecular weight excluding hydrogens is 162 g/mol. The highest BCUT2D eigenvalue weighted by Gasteiger charge is 1.88. The molecule has 0 amide bonds. The van der Waals surface area contributed by atoms with Gasteiger partial charge in [-0.2, -0.15) is 0 Å². The average molecular weight is 175 g/mol. The first kappa shape index (κ1) is 9.58. The molecule has 0 atom stereocenters. The van der Waals surface area contributed by atoms with Crippen molar-refractivity contribution in [2.24, 2.45) is 0 Å². The average Bonchev–Trinajstić information content (AvgIpc) is 2.19. The van der Waals surface area contributed by atoms with Gasteiger partial charge in [0.1, 0.15) is 6.33 Å². The Hall–Kier alpha value is -1.51. The number of fused-ring (bicyclic) bond motifs is 1. The van der Waals surface area contributed by atoms with Crippen molar-refractivity contribution in [3.05, 3.63) is 31.0 Å². The van der Waals surface area contributed by atoms with Crippen molar-refractivity contribution in [2.75, 3.05) is 0 Å². The lowest BCUT2D eigenvalue weighted by molar-refractivity contribution is 1.09. The molecule has 0 spiro atoms. The van der Waals surface area contributed by atoms with Gasteiger partial charge in [-0.1, -0.05) is 20.3 Å². The monoisotopic (exact) mass is 175 g/mol. The highest BCUT2D eigenvalue weighted by molar-refractivity contribution is 5.75. The van der Waals surface area contributed by atoms with Crippen LogP contribution in [0.1, 0.15) is 20.3 Å². The summed E-state index contributed by atoms with van der Waals surface area (Å²) in [6.07, 6.45) is 7.98. The van der Waals surface area contributed by atoms with E-state index < -0.39 is 0 Å². The summed E-state index contributed by atoms with van der Waals surface area (Å²) in [4.78, 5) is 11.8. The smallest absolute Gasteiger partial charge is 0.116 e. The fourth-order valence-corrected chi connectivity index (χ4v) is 0.823. The molecule has 0 fully saturated rings. The van der Waals surface area contributed by atoms with Gasteiger partial charge in [0.2, 0.25) is 0 Å². The zero-order chi connectivity index (χ0) is 9.52. The Morgan fingerprint density at radius 1 is 1.15 bits per heavy atom. The van der Waals surface area contributed by atoms with Crippen LogP contribution in [0.3, 0.4) is 0 Å². The summed E-state index contributed by atoms with van der Waals surface area (Å²) in [5, 5.41) is 1.03. The number of pyridine rings is 1. The van der Waals surface area contributed by atoms with Crippen molar-refractivity contribution in [2.45, 2.75) is 20.3 Å². The van der Waals surface area contributed by atoms with E-state index >= 15 is 0 Å². The molecule has 0 unspecified atom stereocenters. The van der Waals surface area contributed by atoms with Crippen molar-refractivity contribution in [3.8, 4) is 0 Å². The molecule has 68 valence electrons. The maximum Gasteiger partial charge on any atom is 0.116 e. The molecule has 0 saturated heterocycles. The molecule has 2 aromatic heterocycles. The largest absolute Gasteiger partial charge is 0.262 e. The minimum Gasteiger partial charge on any atom is -0.262 e. The first-order valence-corrected chi connectivity index (χ1v) is 4.38. The second-order valence-electron chi connectivity index (χ2n) is 2.66. The molecule has 0 aromatic carbocycles. The third-order valence-corrected chi connectivity index (χ3v) is 1.31. The number of aromatic nitrogens is 3. The molecule has 3 heteroatoms. The van der Waals surface area contributed by atoms with Crippen LogP contribution in [0, 0.1) is 0 Å². The maximum absolute atomic E-state index is 4.01. The van der Waals surface area contributed by atoms with Gasteiger partial charge in [0, 0.05) is 17.8 Å². The summed E-state index contributed by atoms with van der Waals surface area (Å²) in [6, 6.07) is 1.88. The standard InChI is InChI=1S/C7H5N3.C3H8/c1-2-8-4-7-6(1)3-9-5-10-7;1-3-2/h1-5H;3H2,1-2H3. The fraction of sp³-hybridized carbons (Fsp3) is 0.300. The SMILES string of the molecule is CCC.c1cc2cncnc2cn1. The van der Waals surface area contributed by atoms with Crippen LogP contribution in [0.25, 0.3) is 10.9 Å². The predicted octanol–water partition coefficient (Wildman–Crippen LogP) is 2.44. The number of hydrogen-bond donors (Lipinski definition) is 0. The van der Waals surface area contributed by atoms with E-state index in [9.17, 15) is 0 Å². The lowest BCUT2D eigenvalue weighted by Crippen LogP contribution is -1.80. The van der Waals surface area contributed by atoms with Gasteiger partial charge in [-0.3, -0.25) is 4.98 Å². The van der Waals surface area contributed by atoms with Crippen LogP contribution in [-0.2, 0) is 0 Å². The number of nitrogens with zero attached hydrogens (tertiary/aromatic N) is 3. The Balaban J connectivity index is 0.000000251. The van der Waals surface area contributed by atoms with Crippen LogP contribution in [0.2, 0.25) is 0 Å². The molecule has 0 bridgehead atoms. The molecule has 2 aromatic rings. The van der Waals surface area contributed by atoms with Gasteiger partial charge in [0.05, 0.1) is 11.7 Å². The van der Waals surface area contributed by atoms with E-state index in [0.29, 0.717) is 0 Å². The summed E-state index contributed by atoms with van der Waals surface area (Å²) in [5.41, 5.74) is 0.887. The first-order chi connectivity index (χ1) is 6.38. The lowest BCUT2D eigenvalue weighted by atomic mass is 10.3. The summed E-state index contributed by atoms with van der Waals surface area (Å²) >= 11 is 0. The summed E-state index contributed by atoms with van der Waals surface area (Å²) in [7, 11) is 0. The van der Waals surface area contributed by atoms with Crippen LogP contribution in [-0.4, -0.2) is 15.0 Å². The summed E-state index contributed by atoms with van der Waals surface area (Å²) in [6.45, 7) is 4.25. The van der Waals surface area contributed by atoms with Crippen LogP contribution >= 0.6 is 0 Å². The van der Waals surface area contributed by atoms with Crippen molar-refractivity contribution in [1.82, 2.24) is 15.0 Å². The molecule has 0 radical (unpaired) electrons. The van der Waals surface area contributed by atoms with Gasteiger partial charge in [0.15, 0.2) is 0 Å². The second kappa shape index (κ2) is 5.19. The van der Waals surface area contributed by atoms with Gasteiger partial charge in [-0.25, -0.2) is 9.97 Å². The lowest BCUT2D eigenvalue weighted by Gasteiger charge is -1.90. The third kappa shape index (κ3) is 2.78. The van der Waals surface area contributed by atoms with Gasteiger partial charge < -0.3 is 0 Å². The molecule has 0 aliphatic carbocycles. The van der Waals surface area contributed by atoms with Gasteiger partial charge in [-0.15, -0.1) is 0 Å². The Morgan fingerprint density at radius 3 is 2.62 bits per heavy atom. The van der Waals surface area contributed by atoms with Gasteiger partial charge in [0.25, 0.3) is 0 Å². The molecule has 2 rings (SSSR count). The van der Waals surface area contributed by atoms with Crippen LogP contribution in [0.5, 0.6) is 0 Å². The van der Waals surface area contributed by atoms with E-state index in [4.69, 9.17) is 0 Å². The van der Waals surface area contributed by atoms with Gasteiger partial charge >= 0.3 is 0 Å². The molecule has 2 heterocycles. The third-order valence-electron chi connectivity index (χ3n) is 1.31. The Kier molecular flexibility index (Phi) is 3.82. The van der Waals surface area contributed by atoms with E-state index in [1.165, 1.54) is 12.7 Å². The minimum atomic E-state index is 0.887. The van der Waals surface area contributed by atoms with E-state index in [0.717, 1.165) is 10.9 Å². The van der Waals surface area contributed by atoms with E-state index in [1.807, 2.05) is 6.07 Å². The molecule has 13 heavy (non-hydrogen) atoms. The Labute approximate surface area is 77.9 Å². The van der Waals surface area contributed by atoms with Gasteiger partial charge in [-0.05, 0) is 6.07 Å². The zero-order valence-electron chi connectivity index (χ0n) is 7.94. The zero-order valence-corrected chi connectivity index (χ0v) is 7.94. The Morgan fingerprint density at radius 2 is 1.92 bits per heavy atom. The molecule has 0 aliphatic rings. The number of hydrogen-bond acceptors (Lipinski definition) is 3. The molecule has 0 aliphatic heterocycles. The minimum absolute atomic E-state index is 0.887. The van der Waals surface area contributed by atoms with Crippen LogP contribution in [0.15, 0.2) is 31.0 Å². The molecule has 0 N–H and O–H groups in total. The summed E-state index contributed by atoms with van der Waals surface area (Å²) in [5.74, 6) is 0. The van der Waals surface area contributed by atoms with E-state index in [2.05, 4.69) is 28.8 Å². The quantitative estimate of drug-likeness (QED) is 0.617. The second-order valence-corrected chi connectivity index (χ2v) is 2.66. The van der Waals surface area contributed by atoms with Crippen molar-refractivity contribution >= 4 is 10.9 Å². The highest BCUT2D eigenvalue weighted by atomic mass is 14.8. The van der Waals surface area contributed by atoms with Crippen molar-refractivity contribution in [3.63, 3.8) is 0 Å². The predicted molar refractivity (Wildman–Crippen MR) is 53.3 cm³/mol. The van der Waals surface area contributed by atoms with Crippen molar-refractivity contribution < 1.29 is 0 Å². The van der Waals surface area contributed by atoms with Crippen LogP contribution < -0.4 is 0 Å². The van der Waals surface area contributed by atoms with E-state index in [1.54, 1.807) is 18.6 Å². The highest BCUT2D eigenvalue weighted by Crippen LogP contribution is 2.04. The topological polar surface area (TPSA) is 38.7 Å². The molecule has 3 nitrogen and oxygen atoms in total. The molecular formula is C10H13N3. The molecule has 0 saturated carbocycles. The Bertz CT molecular complexity index is 294. The van der Waals surface area contributed by atoms with Crippen LogP contribution in [0.4, 0.5) is 0 Å². The fourth-order valence-electron chi connectivity index (χ4n) is 0.823. The normalized spacial score (nSPS) is 9.08. The van der Waals surface area contributed by atoms with Crippen molar-refractivity contribution in [1.29, 1.82) is 0 Å². The number of rotatable bonds is 0. The maximum atomic E-state index is 4.01. The summed E-state index contributed by atoms with van der Waals surface area (Å²) < 4.78 is 0. The first-order valence-electron chi connectivity index (χ1n) is 4.38.